The second-order valence-corrected chi connectivity index (χ2v) is 5.82. The summed E-state index contributed by atoms with van der Waals surface area (Å²) in [6.45, 7) is 2.07. The minimum atomic E-state index is -0.0272. The van der Waals surface area contributed by atoms with Crippen molar-refractivity contribution in [1.82, 2.24) is 5.32 Å². The van der Waals surface area contributed by atoms with Crippen molar-refractivity contribution in [3.05, 3.63) is 24.3 Å². The van der Waals surface area contributed by atoms with Gasteiger partial charge in [-0.1, -0.05) is 0 Å². The molecule has 6 heteroatoms. The number of halogens is 1. The van der Waals surface area contributed by atoms with E-state index in [9.17, 15) is 9.59 Å². The predicted molar refractivity (Wildman–Crippen MR) is 89.5 cm³/mol. The van der Waals surface area contributed by atoms with Gasteiger partial charge in [0.2, 0.25) is 11.8 Å². The molecule has 0 aromatic heterocycles. The van der Waals surface area contributed by atoms with Gasteiger partial charge in [-0.2, -0.15) is 0 Å². The van der Waals surface area contributed by atoms with Gasteiger partial charge in [-0.3, -0.25) is 9.59 Å². The molecule has 0 bridgehead atoms. The van der Waals surface area contributed by atoms with Crippen LogP contribution in [0.4, 0.5) is 11.4 Å². The Morgan fingerprint density at radius 2 is 1.95 bits per heavy atom. The quantitative estimate of drug-likeness (QED) is 0.843. The lowest BCUT2D eigenvalue weighted by Gasteiger charge is -2.16. The standard InChI is InChI=1S/C16H21N3O2.ClH/c20-15(11-17-10-12-3-4-12)18-13-5-7-14(8-6-13)19-9-1-2-16(19)21;/h5-8,12,17H,1-4,9-11H2,(H,18,20);1H. The highest BCUT2D eigenvalue weighted by Gasteiger charge is 2.22. The molecule has 2 N–H and O–H groups in total. The first-order valence-corrected chi connectivity index (χ1v) is 7.63. The number of carbonyl (C=O) groups is 2. The van der Waals surface area contributed by atoms with E-state index in [4.69, 9.17) is 0 Å². The molecule has 0 spiro atoms. The number of nitrogens with one attached hydrogen (secondary N) is 2. The van der Waals surface area contributed by atoms with Crippen molar-refractivity contribution >= 4 is 35.6 Å². The summed E-state index contributed by atoms with van der Waals surface area (Å²) in [7, 11) is 0. The lowest BCUT2D eigenvalue weighted by atomic mass is 10.2. The number of amides is 2. The van der Waals surface area contributed by atoms with Crippen LogP contribution >= 0.6 is 12.4 Å². The molecule has 2 fully saturated rings. The summed E-state index contributed by atoms with van der Waals surface area (Å²) in [6.07, 6.45) is 4.12. The fourth-order valence-corrected chi connectivity index (χ4v) is 2.56. The van der Waals surface area contributed by atoms with Crippen LogP contribution in [0.25, 0.3) is 0 Å². The summed E-state index contributed by atoms with van der Waals surface area (Å²) >= 11 is 0. The first kappa shape index (κ1) is 16.8. The first-order valence-electron chi connectivity index (χ1n) is 7.63. The van der Waals surface area contributed by atoms with Crippen molar-refractivity contribution in [2.75, 3.05) is 29.9 Å². The molecule has 1 saturated carbocycles. The summed E-state index contributed by atoms with van der Waals surface area (Å²) in [5.41, 5.74) is 1.67. The average Bonchev–Trinajstić information content (AvgIpc) is 3.20. The fourth-order valence-electron chi connectivity index (χ4n) is 2.56. The van der Waals surface area contributed by atoms with Gasteiger partial charge in [0.15, 0.2) is 0 Å². The van der Waals surface area contributed by atoms with Gasteiger partial charge >= 0.3 is 0 Å². The zero-order valence-corrected chi connectivity index (χ0v) is 13.3. The van der Waals surface area contributed by atoms with E-state index in [1.807, 2.05) is 24.3 Å². The number of hydrogen-bond donors (Lipinski definition) is 2. The molecule has 0 radical (unpaired) electrons. The van der Waals surface area contributed by atoms with Gasteiger partial charge < -0.3 is 15.5 Å². The Morgan fingerprint density at radius 1 is 1.23 bits per heavy atom. The Bertz CT molecular complexity index is 529. The van der Waals surface area contributed by atoms with Gasteiger partial charge in [0.05, 0.1) is 6.54 Å². The van der Waals surface area contributed by atoms with Crippen LogP contribution in [-0.2, 0) is 9.59 Å². The van der Waals surface area contributed by atoms with E-state index in [1.165, 1.54) is 12.8 Å². The number of carbonyl (C=O) groups excluding carboxylic acids is 2. The second-order valence-electron chi connectivity index (χ2n) is 5.82. The summed E-state index contributed by atoms with van der Waals surface area (Å²) in [6, 6.07) is 7.46. The zero-order chi connectivity index (χ0) is 14.7. The van der Waals surface area contributed by atoms with Crippen LogP contribution in [0.5, 0.6) is 0 Å². The van der Waals surface area contributed by atoms with Crippen LogP contribution in [0.3, 0.4) is 0 Å². The van der Waals surface area contributed by atoms with Crippen molar-refractivity contribution in [1.29, 1.82) is 0 Å². The molecule has 1 heterocycles. The lowest BCUT2D eigenvalue weighted by Crippen LogP contribution is -2.29. The van der Waals surface area contributed by atoms with Crippen LogP contribution in [0.2, 0.25) is 0 Å². The topological polar surface area (TPSA) is 61.4 Å². The van der Waals surface area contributed by atoms with E-state index in [0.717, 1.165) is 36.8 Å². The number of hydrogen-bond acceptors (Lipinski definition) is 3. The number of benzene rings is 1. The maximum atomic E-state index is 11.8. The zero-order valence-electron chi connectivity index (χ0n) is 12.5. The lowest BCUT2D eigenvalue weighted by molar-refractivity contribution is -0.117. The Morgan fingerprint density at radius 3 is 2.55 bits per heavy atom. The Kier molecular flexibility index (Phi) is 5.80. The van der Waals surface area contributed by atoms with Crippen LogP contribution in [0, 0.1) is 5.92 Å². The molecule has 1 aromatic carbocycles. The van der Waals surface area contributed by atoms with Crippen molar-refractivity contribution in [3.8, 4) is 0 Å². The molecule has 1 aliphatic heterocycles. The molecule has 1 saturated heterocycles. The summed E-state index contributed by atoms with van der Waals surface area (Å²) in [4.78, 5) is 25.2. The molecule has 3 rings (SSSR count). The predicted octanol–water partition coefficient (Wildman–Crippen LogP) is 2.17. The van der Waals surface area contributed by atoms with Crippen LogP contribution in [0.1, 0.15) is 25.7 Å². The van der Waals surface area contributed by atoms with E-state index in [0.29, 0.717) is 13.0 Å². The fraction of sp³-hybridized carbons (Fsp3) is 0.500. The van der Waals surface area contributed by atoms with E-state index in [2.05, 4.69) is 10.6 Å². The normalized spacial score (nSPS) is 17.3. The number of anilines is 2. The molecule has 22 heavy (non-hydrogen) atoms. The monoisotopic (exact) mass is 323 g/mol. The van der Waals surface area contributed by atoms with Gasteiger partial charge in [0.25, 0.3) is 0 Å². The Hall–Kier alpha value is -1.59. The maximum Gasteiger partial charge on any atom is 0.238 e. The second kappa shape index (κ2) is 7.61. The third-order valence-electron chi connectivity index (χ3n) is 3.95. The molecule has 2 amide bonds. The highest BCUT2D eigenvalue weighted by molar-refractivity contribution is 5.96. The highest BCUT2D eigenvalue weighted by atomic mass is 35.5. The molecule has 1 aliphatic carbocycles. The van der Waals surface area contributed by atoms with Gasteiger partial charge in [-0.15, -0.1) is 12.4 Å². The number of nitrogens with zero attached hydrogens (tertiary/aromatic N) is 1. The van der Waals surface area contributed by atoms with Gasteiger partial charge in [0, 0.05) is 24.3 Å². The molecule has 0 atom stereocenters. The highest BCUT2D eigenvalue weighted by Crippen LogP contribution is 2.27. The minimum absolute atomic E-state index is 0. The summed E-state index contributed by atoms with van der Waals surface area (Å²) < 4.78 is 0. The molecule has 5 nitrogen and oxygen atoms in total. The van der Waals surface area contributed by atoms with E-state index in [1.54, 1.807) is 4.90 Å². The average molecular weight is 324 g/mol. The largest absolute Gasteiger partial charge is 0.325 e. The van der Waals surface area contributed by atoms with E-state index < -0.39 is 0 Å². The van der Waals surface area contributed by atoms with Gasteiger partial charge in [-0.05, 0) is 56.0 Å². The maximum absolute atomic E-state index is 11.8. The third kappa shape index (κ3) is 4.45. The molecule has 120 valence electrons. The minimum Gasteiger partial charge on any atom is -0.325 e. The van der Waals surface area contributed by atoms with Crippen molar-refractivity contribution < 1.29 is 9.59 Å². The van der Waals surface area contributed by atoms with Gasteiger partial charge in [-0.25, -0.2) is 0 Å². The van der Waals surface area contributed by atoms with E-state index >= 15 is 0 Å². The van der Waals surface area contributed by atoms with Crippen molar-refractivity contribution in [3.63, 3.8) is 0 Å². The first-order chi connectivity index (χ1) is 10.2. The van der Waals surface area contributed by atoms with Crippen LogP contribution in [-0.4, -0.2) is 31.4 Å². The van der Waals surface area contributed by atoms with Crippen LogP contribution in [0.15, 0.2) is 24.3 Å². The smallest absolute Gasteiger partial charge is 0.238 e. The summed E-state index contributed by atoms with van der Waals surface area (Å²) in [5.74, 6) is 0.923. The van der Waals surface area contributed by atoms with E-state index in [-0.39, 0.29) is 24.2 Å². The summed E-state index contributed by atoms with van der Waals surface area (Å²) in [5, 5.41) is 6.02. The van der Waals surface area contributed by atoms with Crippen molar-refractivity contribution in [2.45, 2.75) is 25.7 Å². The van der Waals surface area contributed by atoms with Crippen LogP contribution < -0.4 is 15.5 Å². The molecule has 0 unspecified atom stereocenters. The molecule has 2 aliphatic rings. The third-order valence-corrected chi connectivity index (χ3v) is 3.95. The Balaban J connectivity index is 0.00000176. The van der Waals surface area contributed by atoms with Crippen molar-refractivity contribution in [2.24, 2.45) is 5.92 Å². The molecular formula is C16H22ClN3O2. The van der Waals surface area contributed by atoms with Gasteiger partial charge in [0.1, 0.15) is 0 Å². The molecular weight excluding hydrogens is 302 g/mol. The number of rotatable bonds is 6. The molecule has 1 aromatic rings. The Labute approximate surface area is 136 Å². The SMILES string of the molecule is Cl.O=C(CNCC1CC1)Nc1ccc(N2CCCC2=O)cc1.